The number of hydrogen-bond acceptors (Lipinski definition) is 10. The van der Waals surface area contributed by atoms with Crippen molar-refractivity contribution in [3.8, 4) is 0 Å². The maximum atomic E-state index is 14.4. The number of aryl methyl sites for hydroxylation is 4. The Bertz CT molecular complexity index is 2470. The molecule has 4 aromatic rings. The number of nitrogens with zero attached hydrogens (tertiary/aromatic N) is 2. The van der Waals surface area contributed by atoms with Gasteiger partial charge in [-0.15, -0.1) is 0 Å². The van der Waals surface area contributed by atoms with E-state index in [-0.39, 0.29) is 191 Å². The third kappa shape index (κ3) is 18.2. The number of hydrogen-bond donors (Lipinski definition) is 2. The van der Waals surface area contributed by atoms with Crippen LogP contribution >= 0.6 is 11.6 Å². The molecule has 0 fully saturated rings. The van der Waals surface area contributed by atoms with Crippen LogP contribution in [0.1, 0.15) is 69.4 Å². The standard InChI is InChI=1S/C19H15F7N2O2S.C12H12F7N.C7H4ClNO2S.CH2O3.2K.H/c1-3-11-8-13(17(20,18(21,22)23)19(24,25)26)7-10(2)15(11)27-16(29)12-5-4-6-14(9-12)28-31-30;1-3-7-5-8(4-6(2)9(7)20)10(13,11(14,15)16)12(17,18)19;8-7(10)5-2-1-3-6(4-5)9-12-11;2-1-4-3;;;/h4-9H,3H2,1-2H3,(H,27,29);4-5H,3,20H2,1-2H3;1-4H;1,3H;;;/q;;;;2*+1;-1/p-1. The molecule has 0 spiro atoms. The van der Waals surface area contributed by atoms with Crippen molar-refractivity contribution in [2.45, 2.75) is 76.6 Å². The van der Waals surface area contributed by atoms with Crippen LogP contribution < -0.4 is 119 Å². The fraction of sp³-hybridized carbons (Fsp3) is 0.308. The zero-order chi connectivity index (χ0) is 51.9. The third-order valence-electron chi connectivity index (χ3n) is 8.75. The van der Waals surface area contributed by atoms with Crippen molar-refractivity contribution in [1.82, 2.24) is 0 Å². The monoisotopic (exact) mass is 1110 g/mol. The predicted octanol–water partition coefficient (Wildman–Crippen LogP) is 5.21. The van der Waals surface area contributed by atoms with E-state index in [2.05, 4.69) is 18.9 Å². The van der Waals surface area contributed by atoms with Crippen LogP contribution in [0, 0.1) is 13.8 Å². The second-order valence-corrected chi connectivity index (χ2v) is 14.1. The number of carbonyl (C=O) groups is 3. The van der Waals surface area contributed by atoms with Gasteiger partial charge in [0.1, 0.15) is 0 Å². The van der Waals surface area contributed by atoms with Crippen molar-refractivity contribution in [3.05, 3.63) is 117 Å². The summed E-state index contributed by atoms with van der Waals surface area (Å²) in [6.45, 7) is 5.13. The Labute approximate surface area is 481 Å². The van der Waals surface area contributed by atoms with Crippen LogP contribution in [0.3, 0.4) is 0 Å². The van der Waals surface area contributed by atoms with Crippen LogP contribution in [0.4, 0.5) is 84.2 Å². The van der Waals surface area contributed by atoms with E-state index in [1.807, 2.05) is 0 Å². The van der Waals surface area contributed by atoms with E-state index >= 15 is 0 Å². The fourth-order valence-electron chi connectivity index (χ4n) is 5.52. The number of carbonyl (C=O) groups excluding carboxylic acids is 3. The first-order valence-electron chi connectivity index (χ1n) is 17.9. The van der Waals surface area contributed by atoms with Crippen molar-refractivity contribution in [1.29, 1.82) is 0 Å². The van der Waals surface area contributed by atoms with Gasteiger partial charge in [0.15, 0.2) is 0 Å². The predicted molar refractivity (Wildman–Crippen MR) is 215 cm³/mol. The van der Waals surface area contributed by atoms with Crippen LogP contribution in [-0.2, 0) is 56.8 Å². The number of alkyl halides is 14. The molecule has 0 saturated carbocycles. The molecular formula is C39H33ClF14K2N4O7S2. The van der Waals surface area contributed by atoms with Gasteiger partial charge in [0.25, 0.3) is 17.6 Å². The Kier molecular flexibility index (Phi) is 29.1. The largest absolute Gasteiger partial charge is 1.00 e. The molecule has 0 aromatic heterocycles. The Morgan fingerprint density at radius 2 is 1.04 bits per heavy atom. The summed E-state index contributed by atoms with van der Waals surface area (Å²) in [5, 5.41) is 10.3. The second kappa shape index (κ2) is 29.2. The number of amides is 1. The zero-order valence-electron chi connectivity index (χ0n) is 37.2. The van der Waals surface area contributed by atoms with Crippen molar-refractivity contribution in [2.75, 3.05) is 11.1 Å². The van der Waals surface area contributed by atoms with E-state index in [1.54, 1.807) is 18.2 Å². The SMILES string of the molecule is CCc1cc(C(F)(C(F)(F)F)C(F)(F)F)cc(C)c1N.CCc1cc(C(F)(C(F)(F)F)C(F)(F)F)cc(C)c1NC(=O)c1cccc(N=S=O)c1.O=CO[O-].O=S=Nc1cccc(C(=O)Cl)c1.[H-].[K+].[K+]. The average Bonchev–Trinajstić information content (AvgIpc) is 3.23. The summed E-state index contributed by atoms with van der Waals surface area (Å²) in [6, 6.07) is 13.6. The number of anilines is 2. The molecule has 4 rings (SSSR count). The van der Waals surface area contributed by atoms with Crippen LogP contribution in [0.15, 0.2) is 81.5 Å². The summed E-state index contributed by atoms with van der Waals surface area (Å²) in [6.07, 6.45) is -24.7. The molecule has 0 aliphatic rings. The quantitative estimate of drug-likeness (QED) is 0.0414. The molecule has 3 N–H and O–H groups in total. The molecule has 4 aromatic carbocycles. The fourth-order valence-corrected chi connectivity index (χ4v) is 6.03. The van der Waals surface area contributed by atoms with Gasteiger partial charge in [-0.05, 0) is 109 Å². The summed E-state index contributed by atoms with van der Waals surface area (Å²) < 4.78 is 210. The van der Waals surface area contributed by atoms with Gasteiger partial charge in [-0.3, -0.25) is 14.4 Å². The van der Waals surface area contributed by atoms with E-state index in [0.29, 0.717) is 35.5 Å². The third-order valence-corrected chi connectivity index (χ3v) is 9.54. The normalized spacial score (nSPS) is 11.4. The van der Waals surface area contributed by atoms with E-state index < -0.39 is 58.3 Å². The maximum absolute atomic E-state index is 14.4. The van der Waals surface area contributed by atoms with Crippen molar-refractivity contribution >= 4 is 74.9 Å². The Morgan fingerprint density at radius 1 is 0.681 bits per heavy atom. The van der Waals surface area contributed by atoms with Gasteiger partial charge in [-0.1, -0.05) is 38.1 Å². The minimum atomic E-state index is -6.24. The van der Waals surface area contributed by atoms with Gasteiger partial charge in [0, 0.05) is 33.6 Å². The van der Waals surface area contributed by atoms with Crippen LogP contribution in [0.2, 0.25) is 0 Å². The van der Waals surface area contributed by atoms with Gasteiger partial charge in [-0.25, -0.2) is 8.78 Å². The smallest absolute Gasteiger partial charge is 1.00 e. The van der Waals surface area contributed by atoms with E-state index in [0.717, 1.165) is 6.92 Å². The first-order valence-corrected chi connectivity index (χ1v) is 19.7. The van der Waals surface area contributed by atoms with Crippen LogP contribution in [0.25, 0.3) is 0 Å². The molecular weight excluding hydrogens is 1080 g/mol. The van der Waals surface area contributed by atoms with Gasteiger partial charge in [-0.2, -0.15) is 69.8 Å². The molecule has 0 bridgehead atoms. The molecule has 0 saturated heterocycles. The maximum Gasteiger partial charge on any atom is 1.00 e. The summed E-state index contributed by atoms with van der Waals surface area (Å²) in [4.78, 5) is 34.4. The molecule has 0 aliphatic heterocycles. The molecule has 30 heteroatoms. The first kappa shape index (κ1) is 68.6. The van der Waals surface area contributed by atoms with E-state index in [4.69, 9.17) is 27.4 Å². The number of nitrogen functional groups attached to an aromatic ring is 1. The van der Waals surface area contributed by atoms with Gasteiger partial charge in [0.05, 0.1) is 11.4 Å². The molecule has 0 unspecified atom stereocenters. The molecule has 0 aliphatic carbocycles. The average molecular weight is 1110 g/mol. The Morgan fingerprint density at radius 3 is 1.39 bits per heavy atom. The zero-order valence-corrected chi connectivity index (χ0v) is 44.9. The van der Waals surface area contributed by atoms with Crippen molar-refractivity contribution in [3.63, 3.8) is 0 Å². The Balaban J connectivity index is -0.000000987. The summed E-state index contributed by atoms with van der Waals surface area (Å²) >= 11 is 5.22. The number of benzene rings is 4. The van der Waals surface area contributed by atoms with E-state index in [1.165, 1.54) is 51.1 Å². The van der Waals surface area contributed by atoms with Gasteiger partial charge >= 0.3 is 139 Å². The summed E-state index contributed by atoms with van der Waals surface area (Å²) in [5.74, 6) is -0.739. The molecule has 11 nitrogen and oxygen atoms in total. The van der Waals surface area contributed by atoms with Crippen molar-refractivity contribution in [2.24, 2.45) is 8.73 Å². The minimum Gasteiger partial charge on any atom is -1.00 e. The van der Waals surface area contributed by atoms with Gasteiger partial charge < -0.3 is 22.6 Å². The second-order valence-electron chi connectivity index (χ2n) is 13.1. The molecule has 69 heavy (non-hydrogen) atoms. The van der Waals surface area contributed by atoms with E-state index in [9.17, 15) is 79.5 Å². The van der Waals surface area contributed by atoms with Crippen LogP contribution in [-0.4, -0.2) is 50.7 Å². The summed E-state index contributed by atoms with van der Waals surface area (Å²) in [5.41, 5.74) is -7.81. The number of nitrogens with two attached hydrogens (primary N) is 1. The molecule has 0 radical (unpaired) electrons. The topological polar surface area (TPSA) is 180 Å². The Hall–Kier alpha value is -2.53. The first-order chi connectivity index (χ1) is 30.8. The summed E-state index contributed by atoms with van der Waals surface area (Å²) in [7, 11) is 0. The van der Waals surface area contributed by atoms with Gasteiger partial charge in [0.2, 0.25) is 22.9 Å². The number of rotatable bonds is 10. The minimum absolute atomic E-state index is 0. The molecule has 0 heterocycles. The molecule has 370 valence electrons. The van der Waals surface area contributed by atoms with Crippen LogP contribution in [0.5, 0.6) is 0 Å². The number of nitrogens with one attached hydrogen (secondary N) is 1. The molecule has 0 atom stereocenters. The number of halogens is 15. The van der Waals surface area contributed by atoms with Crippen molar-refractivity contribution < 1.29 is 199 Å². The molecule has 1 amide bonds.